The van der Waals surface area contributed by atoms with Gasteiger partial charge in [0.05, 0.1) is 10.5 Å². The van der Waals surface area contributed by atoms with Gasteiger partial charge in [-0.15, -0.1) is 0 Å². The minimum absolute atomic E-state index is 0.0350. The lowest BCUT2D eigenvalue weighted by Crippen LogP contribution is -2.27. The van der Waals surface area contributed by atoms with E-state index in [1.807, 2.05) is 0 Å². The van der Waals surface area contributed by atoms with E-state index in [0.717, 1.165) is 0 Å². The second-order valence-corrected chi connectivity index (χ2v) is 5.36. The third-order valence-electron chi connectivity index (χ3n) is 2.09. The summed E-state index contributed by atoms with van der Waals surface area (Å²) in [5.41, 5.74) is -0.281. The monoisotopic (exact) mass is 290 g/mol. The standard InChI is InChI=1S/C10H11ClN2O4S/c1-18(17)6-5-12-10(14)7-3-2-4-8(9(7)11)13(15)16/h2-4H,5-6H2,1H3,(H,12,14). The zero-order chi connectivity index (χ0) is 13.7. The topological polar surface area (TPSA) is 89.3 Å². The Morgan fingerprint density at radius 1 is 1.56 bits per heavy atom. The molecular formula is C10H11ClN2O4S. The lowest BCUT2D eigenvalue weighted by molar-refractivity contribution is -0.384. The van der Waals surface area contributed by atoms with Crippen molar-refractivity contribution in [2.45, 2.75) is 0 Å². The molecule has 1 aromatic rings. The van der Waals surface area contributed by atoms with E-state index >= 15 is 0 Å². The predicted octanol–water partition coefficient (Wildman–Crippen LogP) is 1.36. The molecule has 0 bridgehead atoms. The maximum Gasteiger partial charge on any atom is 0.288 e. The first-order valence-corrected chi connectivity index (χ1v) is 7.05. The SMILES string of the molecule is CS(=O)CCNC(=O)c1cccc([N+](=O)[O-])c1Cl. The van der Waals surface area contributed by atoms with Crippen LogP contribution in [0.2, 0.25) is 5.02 Å². The third kappa shape index (κ3) is 3.78. The highest BCUT2D eigenvalue weighted by atomic mass is 35.5. The van der Waals surface area contributed by atoms with Crippen LogP contribution < -0.4 is 5.32 Å². The molecule has 1 N–H and O–H groups in total. The smallest absolute Gasteiger partial charge is 0.288 e. The van der Waals surface area contributed by atoms with Crippen LogP contribution in [-0.2, 0) is 10.8 Å². The van der Waals surface area contributed by atoms with Crippen LogP contribution in [0.5, 0.6) is 0 Å². The summed E-state index contributed by atoms with van der Waals surface area (Å²) in [5, 5.41) is 13.0. The van der Waals surface area contributed by atoms with Crippen LogP contribution in [0.4, 0.5) is 5.69 Å². The van der Waals surface area contributed by atoms with Crippen molar-refractivity contribution in [1.29, 1.82) is 0 Å². The second-order valence-electron chi connectivity index (χ2n) is 3.43. The summed E-state index contributed by atoms with van der Waals surface area (Å²) in [6.45, 7) is 0.223. The molecule has 18 heavy (non-hydrogen) atoms. The number of halogens is 1. The number of carbonyl (C=O) groups is 1. The van der Waals surface area contributed by atoms with E-state index in [9.17, 15) is 19.1 Å². The molecule has 1 unspecified atom stereocenters. The van der Waals surface area contributed by atoms with Crippen LogP contribution in [0.3, 0.4) is 0 Å². The highest BCUT2D eigenvalue weighted by Gasteiger charge is 2.19. The van der Waals surface area contributed by atoms with Crippen molar-refractivity contribution >= 4 is 34.0 Å². The molecule has 0 saturated heterocycles. The van der Waals surface area contributed by atoms with E-state index in [1.165, 1.54) is 24.5 Å². The molecule has 98 valence electrons. The fourth-order valence-corrected chi connectivity index (χ4v) is 1.91. The molecule has 0 aliphatic carbocycles. The number of nitrogens with zero attached hydrogens (tertiary/aromatic N) is 1. The van der Waals surface area contributed by atoms with E-state index in [0.29, 0.717) is 5.75 Å². The van der Waals surface area contributed by atoms with Crippen LogP contribution in [0.25, 0.3) is 0 Å². The molecule has 1 rings (SSSR count). The number of amides is 1. The van der Waals surface area contributed by atoms with Crippen LogP contribution in [0, 0.1) is 10.1 Å². The van der Waals surface area contributed by atoms with Gasteiger partial charge in [0.2, 0.25) is 0 Å². The molecular weight excluding hydrogens is 280 g/mol. The van der Waals surface area contributed by atoms with Crippen molar-refractivity contribution in [2.24, 2.45) is 0 Å². The van der Waals surface area contributed by atoms with Crippen molar-refractivity contribution < 1.29 is 13.9 Å². The maximum absolute atomic E-state index is 11.7. The van der Waals surface area contributed by atoms with E-state index in [-0.39, 0.29) is 22.8 Å². The van der Waals surface area contributed by atoms with E-state index < -0.39 is 21.6 Å². The van der Waals surface area contributed by atoms with E-state index in [4.69, 9.17) is 11.6 Å². The number of rotatable bonds is 5. The number of nitro groups is 1. The maximum atomic E-state index is 11.7. The Morgan fingerprint density at radius 3 is 2.78 bits per heavy atom. The Balaban J connectivity index is 2.83. The van der Waals surface area contributed by atoms with Crippen molar-refractivity contribution in [3.05, 3.63) is 38.9 Å². The van der Waals surface area contributed by atoms with Gasteiger partial charge in [-0.3, -0.25) is 19.1 Å². The Labute approximate surface area is 111 Å². The zero-order valence-electron chi connectivity index (χ0n) is 9.51. The van der Waals surface area contributed by atoms with Crippen molar-refractivity contribution in [1.82, 2.24) is 5.32 Å². The Morgan fingerprint density at radius 2 is 2.22 bits per heavy atom. The fraction of sp³-hybridized carbons (Fsp3) is 0.300. The molecule has 0 aromatic heterocycles. The molecule has 0 aliphatic rings. The Hall–Kier alpha value is -1.47. The van der Waals surface area contributed by atoms with Gasteiger partial charge in [-0.2, -0.15) is 0 Å². The summed E-state index contributed by atoms with van der Waals surface area (Å²) < 4.78 is 10.8. The summed E-state index contributed by atoms with van der Waals surface area (Å²) in [7, 11) is -1.01. The molecule has 0 heterocycles. The summed E-state index contributed by atoms with van der Waals surface area (Å²) in [6, 6.07) is 4.00. The van der Waals surface area contributed by atoms with Gasteiger partial charge in [0.15, 0.2) is 0 Å². The first kappa shape index (κ1) is 14.6. The van der Waals surface area contributed by atoms with Crippen LogP contribution in [-0.4, -0.2) is 33.6 Å². The van der Waals surface area contributed by atoms with E-state index in [1.54, 1.807) is 0 Å². The number of nitrogens with one attached hydrogen (secondary N) is 1. The number of carbonyl (C=O) groups excluding carboxylic acids is 1. The van der Waals surface area contributed by atoms with Crippen molar-refractivity contribution in [3.63, 3.8) is 0 Å². The third-order valence-corrected chi connectivity index (χ3v) is 3.27. The highest BCUT2D eigenvalue weighted by molar-refractivity contribution is 7.84. The Kier molecular flexibility index (Phi) is 5.24. The van der Waals surface area contributed by atoms with Gasteiger partial charge in [0.1, 0.15) is 5.02 Å². The van der Waals surface area contributed by atoms with Gasteiger partial charge < -0.3 is 5.32 Å². The average molecular weight is 291 g/mol. The van der Waals surface area contributed by atoms with Gasteiger partial charge in [-0.05, 0) is 6.07 Å². The molecule has 1 atom stereocenters. The second kappa shape index (κ2) is 6.46. The zero-order valence-corrected chi connectivity index (χ0v) is 11.1. The number of nitro benzene ring substituents is 1. The van der Waals surface area contributed by atoms with Crippen LogP contribution in [0.1, 0.15) is 10.4 Å². The first-order chi connectivity index (χ1) is 8.43. The lowest BCUT2D eigenvalue weighted by Gasteiger charge is -2.05. The van der Waals surface area contributed by atoms with Gasteiger partial charge in [-0.25, -0.2) is 0 Å². The van der Waals surface area contributed by atoms with Gasteiger partial charge in [0, 0.05) is 35.4 Å². The molecule has 0 saturated carbocycles. The normalized spacial score (nSPS) is 11.9. The van der Waals surface area contributed by atoms with Crippen molar-refractivity contribution in [2.75, 3.05) is 18.6 Å². The molecule has 6 nitrogen and oxygen atoms in total. The highest BCUT2D eigenvalue weighted by Crippen LogP contribution is 2.27. The minimum Gasteiger partial charge on any atom is -0.351 e. The van der Waals surface area contributed by atoms with Crippen LogP contribution in [0.15, 0.2) is 18.2 Å². The summed E-state index contributed by atoms with van der Waals surface area (Å²) in [5.74, 6) is -0.202. The largest absolute Gasteiger partial charge is 0.351 e. The molecule has 1 aromatic carbocycles. The Bertz CT molecular complexity index is 507. The van der Waals surface area contributed by atoms with Gasteiger partial charge >= 0.3 is 0 Å². The predicted molar refractivity (Wildman–Crippen MR) is 69.4 cm³/mol. The van der Waals surface area contributed by atoms with Crippen LogP contribution >= 0.6 is 11.6 Å². The summed E-state index contributed by atoms with van der Waals surface area (Å²) >= 11 is 5.78. The molecule has 0 spiro atoms. The van der Waals surface area contributed by atoms with Gasteiger partial charge in [-0.1, -0.05) is 17.7 Å². The molecule has 0 fully saturated rings. The summed E-state index contributed by atoms with van der Waals surface area (Å²) in [4.78, 5) is 21.7. The minimum atomic E-state index is -1.01. The van der Waals surface area contributed by atoms with E-state index in [2.05, 4.69) is 5.32 Å². The molecule has 8 heteroatoms. The molecule has 1 amide bonds. The molecule has 0 radical (unpaired) electrons. The first-order valence-electron chi connectivity index (χ1n) is 4.94. The average Bonchev–Trinajstić information content (AvgIpc) is 2.28. The van der Waals surface area contributed by atoms with Crippen molar-refractivity contribution in [3.8, 4) is 0 Å². The molecule has 0 aliphatic heterocycles. The quantitative estimate of drug-likeness (QED) is 0.655. The number of hydrogen-bond acceptors (Lipinski definition) is 4. The number of benzene rings is 1. The number of hydrogen-bond donors (Lipinski definition) is 1. The summed E-state index contributed by atoms with van der Waals surface area (Å²) in [6.07, 6.45) is 1.52. The lowest BCUT2D eigenvalue weighted by atomic mass is 10.2. The van der Waals surface area contributed by atoms with Gasteiger partial charge in [0.25, 0.3) is 11.6 Å². The fourth-order valence-electron chi connectivity index (χ4n) is 1.24.